The highest BCUT2D eigenvalue weighted by molar-refractivity contribution is 6.33. The second-order valence-corrected chi connectivity index (χ2v) is 6.36. The Hall–Kier alpha value is -3.02. The van der Waals surface area contributed by atoms with Gasteiger partial charge in [0.2, 0.25) is 0 Å². The van der Waals surface area contributed by atoms with Crippen molar-refractivity contribution in [3.63, 3.8) is 0 Å². The van der Waals surface area contributed by atoms with E-state index in [4.69, 9.17) is 17.3 Å². The van der Waals surface area contributed by atoms with E-state index in [0.29, 0.717) is 22.4 Å². The maximum absolute atomic E-state index is 13.0. The van der Waals surface area contributed by atoms with Gasteiger partial charge in [-0.2, -0.15) is 35.7 Å². The zero-order valence-corrected chi connectivity index (χ0v) is 14.8. The van der Waals surface area contributed by atoms with Crippen LogP contribution >= 0.6 is 11.6 Å². The summed E-state index contributed by atoms with van der Waals surface area (Å²) in [5, 5.41) is 7.10. The number of tetrazole rings is 1. The molecule has 0 bridgehead atoms. The van der Waals surface area contributed by atoms with Crippen molar-refractivity contribution in [3.8, 4) is 5.69 Å². The van der Waals surface area contributed by atoms with E-state index in [1.54, 1.807) is 0 Å². The number of hydrogen-bond acceptors (Lipinski definition) is 4. The summed E-state index contributed by atoms with van der Waals surface area (Å²) in [6.45, 7) is -0.177. The zero-order chi connectivity index (χ0) is 21.6. The molecule has 0 atom stereocenters. The summed E-state index contributed by atoms with van der Waals surface area (Å²) in [5.74, 6) is 0. The lowest BCUT2D eigenvalue weighted by molar-refractivity contribution is -0.143. The van der Waals surface area contributed by atoms with Crippen LogP contribution in [0.1, 0.15) is 16.7 Å². The van der Waals surface area contributed by atoms with Crippen molar-refractivity contribution in [1.82, 2.24) is 19.8 Å². The predicted molar refractivity (Wildman–Crippen MR) is 90.6 cm³/mol. The Bertz CT molecular complexity index is 1090. The fraction of sp³-hybridized carbons (Fsp3) is 0.188. The Morgan fingerprint density at radius 1 is 0.931 bits per heavy atom. The number of benzene rings is 2. The van der Waals surface area contributed by atoms with Crippen LogP contribution in [0.3, 0.4) is 0 Å². The maximum Gasteiger partial charge on any atom is 0.416 e. The largest absolute Gasteiger partial charge is 0.416 e. The minimum absolute atomic E-state index is 0.0463. The smallest absolute Gasteiger partial charge is 0.398 e. The molecule has 3 rings (SSSR count). The lowest BCUT2D eigenvalue weighted by Gasteiger charge is -2.13. The summed E-state index contributed by atoms with van der Waals surface area (Å²) in [6.07, 6.45) is -10.1. The molecule has 0 radical (unpaired) electrons. The summed E-state index contributed by atoms with van der Waals surface area (Å²) in [7, 11) is 0. The molecule has 0 aliphatic carbocycles. The summed E-state index contributed by atoms with van der Waals surface area (Å²) in [4.78, 5) is 12.4. The van der Waals surface area contributed by atoms with E-state index in [-0.39, 0.29) is 23.3 Å². The van der Waals surface area contributed by atoms with Crippen molar-refractivity contribution in [3.05, 3.63) is 68.6 Å². The summed E-state index contributed by atoms with van der Waals surface area (Å²) in [5.41, 5.74) is 1.42. The van der Waals surface area contributed by atoms with Gasteiger partial charge in [-0.1, -0.05) is 17.7 Å². The number of nitrogens with two attached hydrogens (primary N) is 1. The van der Waals surface area contributed by atoms with Crippen molar-refractivity contribution < 1.29 is 26.3 Å². The molecule has 1 heterocycles. The maximum atomic E-state index is 13.0. The van der Waals surface area contributed by atoms with Gasteiger partial charge in [0.1, 0.15) is 0 Å². The number of nitrogens with zero attached hydrogens (tertiary/aromatic N) is 4. The number of alkyl halides is 6. The Kier molecular flexibility index (Phi) is 5.07. The van der Waals surface area contributed by atoms with E-state index in [1.807, 2.05) is 0 Å². The van der Waals surface area contributed by atoms with Crippen LogP contribution in [0, 0.1) is 0 Å². The van der Waals surface area contributed by atoms with Crippen LogP contribution in [-0.2, 0) is 18.9 Å². The van der Waals surface area contributed by atoms with Crippen LogP contribution in [0.2, 0.25) is 5.02 Å². The zero-order valence-electron chi connectivity index (χ0n) is 14.1. The highest BCUT2D eigenvalue weighted by Crippen LogP contribution is 2.36. The van der Waals surface area contributed by atoms with Crippen molar-refractivity contribution in [2.75, 3.05) is 5.73 Å². The predicted octanol–water partition coefficient (Wildman–Crippen LogP) is 3.75. The quantitative estimate of drug-likeness (QED) is 0.500. The van der Waals surface area contributed by atoms with Gasteiger partial charge in [0.25, 0.3) is 0 Å². The molecule has 29 heavy (non-hydrogen) atoms. The number of rotatable bonds is 3. The van der Waals surface area contributed by atoms with E-state index < -0.39 is 34.9 Å². The van der Waals surface area contributed by atoms with Gasteiger partial charge in [-0.25, -0.2) is 4.79 Å². The van der Waals surface area contributed by atoms with Crippen LogP contribution in [0.5, 0.6) is 0 Å². The Labute approximate surface area is 163 Å². The molecule has 0 saturated carbocycles. The molecule has 154 valence electrons. The standard InChI is InChI=1S/C16H10ClF6N5O/c17-12-3-8(1-2-13(12)24)7-27-14(29)28(26-25-27)11-5-9(15(18,19)20)4-10(6-11)16(21,22)23/h1-6H,7,24H2. The van der Waals surface area contributed by atoms with E-state index in [9.17, 15) is 31.1 Å². The molecule has 2 aromatic carbocycles. The Morgan fingerprint density at radius 2 is 1.52 bits per heavy atom. The molecule has 3 aromatic rings. The van der Waals surface area contributed by atoms with Gasteiger partial charge in [0, 0.05) is 0 Å². The summed E-state index contributed by atoms with van der Waals surface area (Å²) < 4.78 is 79.1. The molecule has 0 saturated heterocycles. The molecule has 2 N–H and O–H groups in total. The number of anilines is 1. The van der Waals surface area contributed by atoms with Crippen LogP contribution in [0.15, 0.2) is 41.2 Å². The first-order valence-corrected chi connectivity index (χ1v) is 8.10. The third kappa shape index (κ3) is 4.36. The minimum atomic E-state index is -5.06. The van der Waals surface area contributed by atoms with E-state index in [1.165, 1.54) is 18.2 Å². The molecule has 0 aliphatic rings. The lowest BCUT2D eigenvalue weighted by Crippen LogP contribution is -2.25. The fourth-order valence-electron chi connectivity index (χ4n) is 2.44. The Balaban J connectivity index is 2.05. The topological polar surface area (TPSA) is 78.7 Å². The van der Waals surface area contributed by atoms with Gasteiger partial charge >= 0.3 is 18.0 Å². The second-order valence-electron chi connectivity index (χ2n) is 5.95. The van der Waals surface area contributed by atoms with Gasteiger partial charge in [0.05, 0.1) is 34.1 Å². The molecular weight excluding hydrogens is 428 g/mol. The fourth-order valence-corrected chi connectivity index (χ4v) is 2.64. The highest BCUT2D eigenvalue weighted by Gasteiger charge is 2.37. The molecule has 0 unspecified atom stereocenters. The molecule has 0 fully saturated rings. The first-order valence-electron chi connectivity index (χ1n) is 7.73. The van der Waals surface area contributed by atoms with Crippen molar-refractivity contribution in [2.24, 2.45) is 0 Å². The first-order chi connectivity index (χ1) is 13.4. The Morgan fingerprint density at radius 3 is 2.03 bits per heavy atom. The molecule has 6 nitrogen and oxygen atoms in total. The average molecular weight is 438 g/mol. The SMILES string of the molecule is Nc1ccc(Cn2nnn(-c3cc(C(F)(F)F)cc(C(F)(F)F)c3)c2=O)cc1Cl. The summed E-state index contributed by atoms with van der Waals surface area (Å²) in [6, 6.07) is 5.16. The van der Waals surface area contributed by atoms with Crippen molar-refractivity contribution in [2.45, 2.75) is 18.9 Å². The average Bonchev–Trinajstić information content (AvgIpc) is 2.97. The van der Waals surface area contributed by atoms with Gasteiger partial charge < -0.3 is 5.73 Å². The third-order valence-corrected chi connectivity index (χ3v) is 4.18. The van der Waals surface area contributed by atoms with Crippen LogP contribution < -0.4 is 11.4 Å². The van der Waals surface area contributed by atoms with E-state index in [2.05, 4.69) is 10.4 Å². The van der Waals surface area contributed by atoms with Gasteiger partial charge in [-0.05, 0) is 46.3 Å². The van der Waals surface area contributed by atoms with E-state index in [0.717, 1.165) is 4.68 Å². The number of hydrogen-bond donors (Lipinski definition) is 1. The normalized spacial score (nSPS) is 12.4. The minimum Gasteiger partial charge on any atom is -0.398 e. The monoisotopic (exact) mass is 437 g/mol. The highest BCUT2D eigenvalue weighted by atomic mass is 35.5. The third-order valence-electron chi connectivity index (χ3n) is 3.85. The first kappa shape index (κ1) is 20.7. The number of halogens is 7. The van der Waals surface area contributed by atoms with Gasteiger partial charge in [0.15, 0.2) is 0 Å². The summed E-state index contributed by atoms with van der Waals surface area (Å²) >= 11 is 5.87. The molecule has 13 heteroatoms. The molecular formula is C16H10ClF6N5O. The van der Waals surface area contributed by atoms with Gasteiger partial charge in [-0.3, -0.25) is 0 Å². The lowest BCUT2D eigenvalue weighted by atomic mass is 10.1. The number of aromatic nitrogens is 4. The molecule has 1 aromatic heterocycles. The van der Waals surface area contributed by atoms with Crippen LogP contribution in [0.25, 0.3) is 5.69 Å². The molecule has 0 aliphatic heterocycles. The van der Waals surface area contributed by atoms with Crippen molar-refractivity contribution >= 4 is 17.3 Å². The second kappa shape index (κ2) is 7.10. The number of nitrogen functional groups attached to an aromatic ring is 1. The van der Waals surface area contributed by atoms with E-state index >= 15 is 0 Å². The van der Waals surface area contributed by atoms with Crippen molar-refractivity contribution in [1.29, 1.82) is 0 Å². The van der Waals surface area contributed by atoms with Crippen LogP contribution in [-0.4, -0.2) is 19.8 Å². The van der Waals surface area contributed by atoms with Crippen LogP contribution in [0.4, 0.5) is 32.0 Å². The van der Waals surface area contributed by atoms with Gasteiger partial charge in [-0.15, -0.1) is 0 Å². The molecule has 0 amide bonds. The molecule has 0 spiro atoms.